The monoisotopic (exact) mass is 378 g/mol. The van der Waals surface area contributed by atoms with Crippen molar-refractivity contribution in [3.63, 3.8) is 0 Å². The van der Waals surface area contributed by atoms with Gasteiger partial charge in [0, 0.05) is 6.61 Å². The smallest absolute Gasteiger partial charge is 0.330 e. The Morgan fingerprint density at radius 3 is 1.44 bits per heavy atom. The highest BCUT2D eigenvalue weighted by molar-refractivity contribution is 7.53. The average molecular weight is 379 g/mol. The lowest BCUT2D eigenvalue weighted by Crippen LogP contribution is -2.03. The van der Waals surface area contributed by atoms with Gasteiger partial charge in [-0.1, -0.05) is 78.1 Å². The third kappa shape index (κ3) is 17.3. The molecule has 1 N–H and O–H groups in total. The van der Waals surface area contributed by atoms with Gasteiger partial charge in [0.1, 0.15) is 0 Å². The summed E-state index contributed by atoms with van der Waals surface area (Å²) >= 11 is 0. The molecule has 0 saturated carbocycles. The van der Waals surface area contributed by atoms with E-state index in [1.54, 1.807) is 0 Å². The molecular weight excluding hydrogens is 335 g/mol. The molecule has 0 aliphatic carbocycles. The van der Waals surface area contributed by atoms with E-state index in [4.69, 9.17) is 14.2 Å². The van der Waals surface area contributed by atoms with Gasteiger partial charge in [-0.25, -0.2) is 0 Å². The molecule has 0 heterocycles. The molecule has 0 unspecified atom stereocenters. The van der Waals surface area contributed by atoms with E-state index < -0.39 is 7.60 Å². The molecular formula is C20H43O4P. The van der Waals surface area contributed by atoms with E-state index in [1.807, 2.05) is 0 Å². The molecule has 25 heavy (non-hydrogen) atoms. The van der Waals surface area contributed by atoms with Gasteiger partial charge in [-0.2, -0.15) is 0 Å². The van der Waals surface area contributed by atoms with Crippen molar-refractivity contribution in [2.75, 3.05) is 26.0 Å². The Bertz CT molecular complexity index is 296. The van der Waals surface area contributed by atoms with Crippen molar-refractivity contribution in [3.8, 4) is 0 Å². The molecule has 0 saturated heterocycles. The summed E-state index contributed by atoms with van der Waals surface area (Å²) in [5.41, 5.74) is 0. The molecule has 0 aromatic rings. The molecule has 0 bridgehead atoms. The highest BCUT2D eigenvalue weighted by Gasteiger charge is 2.23. The summed E-state index contributed by atoms with van der Waals surface area (Å²) in [6.07, 6.45) is 16.3. The summed E-state index contributed by atoms with van der Waals surface area (Å²) in [6.45, 7) is 5.65. The van der Waals surface area contributed by atoms with Crippen molar-refractivity contribution in [1.29, 1.82) is 0 Å². The molecule has 5 heteroatoms. The Kier molecular flexibility index (Phi) is 19.0. The van der Waals surface area contributed by atoms with Crippen LogP contribution in [0.5, 0.6) is 0 Å². The maximum atomic E-state index is 12.8. The number of hydrogen-bond donors (Lipinski definition) is 1. The Morgan fingerprint density at radius 2 is 1.04 bits per heavy atom. The second kappa shape index (κ2) is 18.9. The molecule has 0 aliphatic heterocycles. The first-order chi connectivity index (χ1) is 12.2. The van der Waals surface area contributed by atoms with Gasteiger partial charge in [0.2, 0.25) is 0 Å². The van der Waals surface area contributed by atoms with Crippen LogP contribution in [0.25, 0.3) is 0 Å². The predicted octanol–water partition coefficient (Wildman–Crippen LogP) is 6.71. The average Bonchev–Trinajstić information content (AvgIpc) is 2.60. The fourth-order valence-corrected chi connectivity index (χ4v) is 4.45. The Morgan fingerprint density at radius 1 is 0.640 bits per heavy atom. The van der Waals surface area contributed by atoms with Crippen molar-refractivity contribution >= 4 is 7.60 Å². The zero-order valence-electron chi connectivity index (χ0n) is 16.8. The lowest BCUT2D eigenvalue weighted by atomic mass is 10.1. The summed E-state index contributed by atoms with van der Waals surface area (Å²) in [6, 6.07) is 0. The molecule has 0 spiro atoms. The quantitative estimate of drug-likeness (QED) is 0.189. The number of aliphatic hydroxyl groups excluding tert-OH is 1. The van der Waals surface area contributed by atoms with Crippen LogP contribution in [0.3, 0.4) is 0 Å². The number of unbranched alkanes of at least 4 members (excludes halogenated alkanes) is 11. The third-order valence-corrected chi connectivity index (χ3v) is 6.43. The van der Waals surface area contributed by atoms with Crippen LogP contribution in [0.1, 0.15) is 104 Å². The van der Waals surface area contributed by atoms with Gasteiger partial charge in [0.05, 0.1) is 19.4 Å². The Labute approximate surface area is 156 Å². The van der Waals surface area contributed by atoms with E-state index in [0.717, 1.165) is 51.4 Å². The molecule has 0 fully saturated rings. The van der Waals surface area contributed by atoms with E-state index >= 15 is 0 Å². The first-order valence-electron chi connectivity index (χ1n) is 10.7. The number of aliphatic hydroxyl groups is 1. The van der Waals surface area contributed by atoms with Crippen LogP contribution in [-0.2, 0) is 13.6 Å². The van der Waals surface area contributed by atoms with E-state index in [9.17, 15) is 4.57 Å². The van der Waals surface area contributed by atoms with Crippen LogP contribution >= 0.6 is 7.60 Å². The molecule has 4 nitrogen and oxygen atoms in total. The minimum Gasteiger partial charge on any atom is -0.396 e. The lowest BCUT2D eigenvalue weighted by Gasteiger charge is -2.18. The van der Waals surface area contributed by atoms with Gasteiger partial charge in [-0.3, -0.25) is 4.57 Å². The van der Waals surface area contributed by atoms with E-state index in [2.05, 4.69) is 13.8 Å². The minimum absolute atomic E-state index is 0.328. The van der Waals surface area contributed by atoms with Crippen molar-refractivity contribution < 1.29 is 18.7 Å². The largest absolute Gasteiger partial charge is 0.396 e. The SMILES string of the molecule is CCCCOP(=O)(CCCCCCCCCCCCO)OCCCC. The van der Waals surface area contributed by atoms with E-state index in [-0.39, 0.29) is 0 Å². The topological polar surface area (TPSA) is 55.8 Å². The summed E-state index contributed by atoms with van der Waals surface area (Å²) in [4.78, 5) is 0. The number of rotatable bonds is 20. The van der Waals surface area contributed by atoms with Gasteiger partial charge in [0.15, 0.2) is 0 Å². The van der Waals surface area contributed by atoms with Gasteiger partial charge in [-0.15, -0.1) is 0 Å². The predicted molar refractivity (Wildman–Crippen MR) is 107 cm³/mol. The number of hydrogen-bond acceptors (Lipinski definition) is 4. The molecule has 0 aliphatic rings. The van der Waals surface area contributed by atoms with E-state index in [1.165, 1.54) is 38.5 Å². The summed E-state index contributed by atoms with van der Waals surface area (Å²) in [5, 5.41) is 8.73. The van der Waals surface area contributed by atoms with Crippen LogP contribution in [0, 0.1) is 0 Å². The molecule has 152 valence electrons. The zero-order chi connectivity index (χ0) is 18.6. The second-order valence-electron chi connectivity index (χ2n) is 6.97. The Hall–Kier alpha value is 0.110. The van der Waals surface area contributed by atoms with Gasteiger partial charge in [-0.05, 0) is 25.7 Å². The van der Waals surface area contributed by atoms with Crippen LogP contribution in [0.2, 0.25) is 0 Å². The molecule has 0 atom stereocenters. The summed E-state index contributed by atoms with van der Waals surface area (Å²) in [5.74, 6) is 0. The fraction of sp³-hybridized carbons (Fsp3) is 1.00. The lowest BCUT2D eigenvalue weighted by molar-refractivity contribution is 0.199. The van der Waals surface area contributed by atoms with Gasteiger partial charge in [0.25, 0.3) is 0 Å². The fourth-order valence-electron chi connectivity index (χ4n) is 2.69. The first kappa shape index (κ1) is 25.1. The van der Waals surface area contributed by atoms with Gasteiger partial charge >= 0.3 is 7.60 Å². The molecule has 0 radical (unpaired) electrons. The van der Waals surface area contributed by atoms with Gasteiger partial charge < -0.3 is 14.2 Å². The highest BCUT2D eigenvalue weighted by Crippen LogP contribution is 2.49. The van der Waals surface area contributed by atoms with Crippen molar-refractivity contribution in [2.45, 2.75) is 104 Å². The first-order valence-corrected chi connectivity index (χ1v) is 12.4. The normalized spacial score (nSPS) is 12.0. The maximum Gasteiger partial charge on any atom is 0.330 e. The standard InChI is InChI=1S/C20H43O4P/c1-3-5-18-23-25(22,24-19-6-4-2)20-16-14-12-10-8-7-9-11-13-15-17-21/h21H,3-20H2,1-2H3. The van der Waals surface area contributed by atoms with E-state index in [0.29, 0.717) is 26.0 Å². The third-order valence-electron chi connectivity index (χ3n) is 4.41. The van der Waals surface area contributed by atoms with Crippen LogP contribution in [0.4, 0.5) is 0 Å². The second-order valence-corrected chi connectivity index (χ2v) is 9.15. The minimum atomic E-state index is -2.88. The van der Waals surface area contributed by atoms with Crippen molar-refractivity contribution in [1.82, 2.24) is 0 Å². The molecule has 0 amide bonds. The summed E-state index contributed by atoms with van der Waals surface area (Å²) < 4.78 is 24.0. The molecule has 0 rings (SSSR count). The Balaban J connectivity index is 3.70. The van der Waals surface area contributed by atoms with Crippen LogP contribution < -0.4 is 0 Å². The summed E-state index contributed by atoms with van der Waals surface area (Å²) in [7, 11) is -2.88. The molecule has 0 aromatic carbocycles. The van der Waals surface area contributed by atoms with Crippen molar-refractivity contribution in [2.24, 2.45) is 0 Å². The highest BCUT2D eigenvalue weighted by atomic mass is 31.2. The van der Waals surface area contributed by atoms with Crippen molar-refractivity contribution in [3.05, 3.63) is 0 Å². The van der Waals surface area contributed by atoms with Crippen LogP contribution in [-0.4, -0.2) is 31.1 Å². The molecule has 0 aromatic heterocycles. The van der Waals surface area contributed by atoms with Crippen LogP contribution in [0.15, 0.2) is 0 Å². The zero-order valence-corrected chi connectivity index (χ0v) is 17.7. The maximum absolute atomic E-state index is 12.8.